The maximum atomic E-state index is 12.7. The molecule has 8 nitrogen and oxygen atoms in total. The third kappa shape index (κ3) is 5.56. The highest BCUT2D eigenvalue weighted by molar-refractivity contribution is 5.79. The molecule has 28 heavy (non-hydrogen) atoms. The minimum Gasteiger partial charge on any atom is -0.444 e. The van der Waals surface area contributed by atoms with Gasteiger partial charge in [-0.05, 0) is 52.5 Å². The summed E-state index contributed by atoms with van der Waals surface area (Å²) in [4.78, 5) is 37.3. The molecule has 0 saturated carbocycles. The number of rotatable bonds is 3. The molecule has 1 aromatic heterocycles. The predicted molar refractivity (Wildman–Crippen MR) is 106 cm³/mol. The van der Waals surface area contributed by atoms with Crippen LogP contribution in [0, 0.1) is 5.92 Å². The Labute approximate surface area is 166 Å². The maximum absolute atomic E-state index is 12.7. The predicted octanol–water partition coefficient (Wildman–Crippen LogP) is 2.21. The van der Waals surface area contributed by atoms with E-state index in [9.17, 15) is 9.59 Å². The Kier molecular flexibility index (Phi) is 6.36. The topological polar surface area (TPSA) is 87.7 Å². The number of likely N-dealkylation sites (tertiary alicyclic amines) is 1. The number of aromatic nitrogens is 2. The Balaban J connectivity index is 1.46. The van der Waals surface area contributed by atoms with Crippen LogP contribution in [0.2, 0.25) is 0 Å². The van der Waals surface area contributed by atoms with Gasteiger partial charge in [0.1, 0.15) is 5.60 Å². The average molecular weight is 390 g/mol. The molecule has 2 aliphatic heterocycles. The molecular weight excluding hydrogens is 358 g/mol. The lowest BCUT2D eigenvalue weighted by molar-refractivity contribution is -0.127. The summed E-state index contributed by atoms with van der Waals surface area (Å²) in [6.07, 6.45) is 6.49. The van der Waals surface area contributed by atoms with E-state index in [1.165, 1.54) is 0 Å². The van der Waals surface area contributed by atoms with Crippen LogP contribution in [0.25, 0.3) is 0 Å². The third-order valence-electron chi connectivity index (χ3n) is 5.12. The summed E-state index contributed by atoms with van der Waals surface area (Å²) in [5, 5.41) is 3.20. The largest absolute Gasteiger partial charge is 0.444 e. The van der Waals surface area contributed by atoms with Crippen molar-refractivity contribution < 1.29 is 14.3 Å². The normalized spacial score (nSPS) is 21.3. The third-order valence-corrected chi connectivity index (χ3v) is 5.12. The van der Waals surface area contributed by atoms with Gasteiger partial charge in [0.25, 0.3) is 0 Å². The summed E-state index contributed by atoms with van der Waals surface area (Å²) in [6.45, 7) is 8.33. The zero-order valence-corrected chi connectivity index (χ0v) is 17.1. The molecule has 0 aliphatic carbocycles. The van der Waals surface area contributed by atoms with Crippen molar-refractivity contribution in [1.29, 1.82) is 0 Å². The van der Waals surface area contributed by atoms with Crippen molar-refractivity contribution in [2.75, 3.05) is 31.1 Å². The SMILES string of the molecule is CC(C)(C)OC(=O)N1CCC(C(=O)N[C@@H]2CCCN(c3ncccn3)C2)CC1. The van der Waals surface area contributed by atoms with Crippen molar-refractivity contribution in [2.45, 2.75) is 58.1 Å². The minimum absolute atomic E-state index is 0.0537. The van der Waals surface area contributed by atoms with Crippen molar-refractivity contribution >= 4 is 17.9 Å². The summed E-state index contributed by atoms with van der Waals surface area (Å²) in [7, 11) is 0. The molecule has 0 bridgehead atoms. The van der Waals surface area contributed by atoms with Crippen LogP contribution in [0.5, 0.6) is 0 Å². The molecular formula is C20H31N5O3. The summed E-state index contributed by atoms with van der Waals surface area (Å²) >= 11 is 0. The molecule has 3 heterocycles. The lowest BCUT2D eigenvalue weighted by atomic mass is 9.95. The number of piperidine rings is 2. The smallest absolute Gasteiger partial charge is 0.410 e. The molecule has 0 radical (unpaired) electrons. The van der Waals surface area contributed by atoms with E-state index >= 15 is 0 Å². The van der Waals surface area contributed by atoms with Crippen molar-refractivity contribution in [3.63, 3.8) is 0 Å². The number of amides is 2. The molecule has 0 spiro atoms. The highest BCUT2D eigenvalue weighted by atomic mass is 16.6. The number of nitrogens with one attached hydrogen (secondary N) is 1. The van der Waals surface area contributed by atoms with Gasteiger partial charge in [-0.15, -0.1) is 0 Å². The number of nitrogens with zero attached hydrogens (tertiary/aromatic N) is 4. The Morgan fingerprint density at radius 3 is 2.43 bits per heavy atom. The molecule has 154 valence electrons. The van der Waals surface area contributed by atoms with E-state index in [0.29, 0.717) is 31.9 Å². The first kappa shape index (κ1) is 20.4. The number of hydrogen-bond donors (Lipinski definition) is 1. The molecule has 2 saturated heterocycles. The fourth-order valence-corrected chi connectivity index (χ4v) is 3.70. The van der Waals surface area contributed by atoms with E-state index in [1.807, 2.05) is 20.8 Å². The van der Waals surface area contributed by atoms with Crippen LogP contribution in [0.1, 0.15) is 46.5 Å². The molecule has 0 unspecified atom stereocenters. The van der Waals surface area contributed by atoms with Gasteiger partial charge >= 0.3 is 6.09 Å². The van der Waals surface area contributed by atoms with E-state index < -0.39 is 5.60 Å². The monoisotopic (exact) mass is 389 g/mol. The highest BCUT2D eigenvalue weighted by Gasteiger charge is 2.31. The second kappa shape index (κ2) is 8.75. The van der Waals surface area contributed by atoms with Crippen molar-refractivity contribution in [3.8, 4) is 0 Å². The summed E-state index contributed by atoms with van der Waals surface area (Å²) in [6, 6.07) is 1.91. The van der Waals surface area contributed by atoms with E-state index in [2.05, 4.69) is 20.2 Å². The Morgan fingerprint density at radius 1 is 1.11 bits per heavy atom. The van der Waals surface area contributed by atoms with Crippen LogP contribution >= 0.6 is 0 Å². The van der Waals surface area contributed by atoms with Gasteiger partial charge in [0, 0.05) is 50.5 Å². The van der Waals surface area contributed by atoms with Crippen molar-refractivity contribution in [3.05, 3.63) is 18.5 Å². The minimum atomic E-state index is -0.499. The zero-order valence-electron chi connectivity index (χ0n) is 17.1. The molecule has 1 aromatic rings. The molecule has 2 aliphatic rings. The number of anilines is 1. The van der Waals surface area contributed by atoms with E-state index in [4.69, 9.17) is 4.74 Å². The van der Waals surface area contributed by atoms with Gasteiger partial charge < -0.3 is 19.9 Å². The molecule has 0 aromatic carbocycles. The fourth-order valence-electron chi connectivity index (χ4n) is 3.70. The van der Waals surface area contributed by atoms with Gasteiger partial charge in [-0.2, -0.15) is 0 Å². The van der Waals surface area contributed by atoms with E-state index in [0.717, 1.165) is 25.9 Å². The van der Waals surface area contributed by atoms with Crippen LogP contribution in [-0.2, 0) is 9.53 Å². The maximum Gasteiger partial charge on any atom is 0.410 e. The van der Waals surface area contributed by atoms with Crippen LogP contribution in [0.3, 0.4) is 0 Å². The standard InChI is InChI=1S/C20H31N5O3/c1-20(2,3)28-19(27)24-12-7-15(8-13-24)17(26)23-16-6-4-11-25(14-16)18-21-9-5-10-22-18/h5,9-10,15-16H,4,6-8,11-14H2,1-3H3,(H,23,26)/t16-/m1/s1. The van der Waals surface area contributed by atoms with E-state index in [1.54, 1.807) is 23.4 Å². The molecule has 1 atom stereocenters. The van der Waals surface area contributed by atoms with Crippen molar-refractivity contribution in [1.82, 2.24) is 20.2 Å². The lowest BCUT2D eigenvalue weighted by Gasteiger charge is -2.36. The lowest BCUT2D eigenvalue weighted by Crippen LogP contribution is -2.51. The highest BCUT2D eigenvalue weighted by Crippen LogP contribution is 2.21. The van der Waals surface area contributed by atoms with Gasteiger partial charge in [-0.25, -0.2) is 14.8 Å². The number of ether oxygens (including phenoxy) is 1. The van der Waals surface area contributed by atoms with E-state index in [-0.39, 0.29) is 24.0 Å². The number of carbonyl (C=O) groups is 2. The second-order valence-electron chi connectivity index (χ2n) is 8.58. The summed E-state index contributed by atoms with van der Waals surface area (Å²) in [5.41, 5.74) is -0.499. The molecule has 2 amide bonds. The summed E-state index contributed by atoms with van der Waals surface area (Å²) in [5.74, 6) is 0.749. The van der Waals surface area contributed by atoms with Gasteiger partial charge in [0.05, 0.1) is 0 Å². The first-order valence-electron chi connectivity index (χ1n) is 10.1. The Bertz CT molecular complexity index is 668. The average Bonchev–Trinajstić information content (AvgIpc) is 2.68. The van der Waals surface area contributed by atoms with Gasteiger partial charge in [-0.1, -0.05) is 0 Å². The van der Waals surface area contributed by atoms with Gasteiger partial charge in [-0.3, -0.25) is 4.79 Å². The van der Waals surface area contributed by atoms with Crippen molar-refractivity contribution in [2.24, 2.45) is 5.92 Å². The van der Waals surface area contributed by atoms with Crippen LogP contribution < -0.4 is 10.2 Å². The Morgan fingerprint density at radius 2 is 1.79 bits per heavy atom. The molecule has 8 heteroatoms. The molecule has 1 N–H and O–H groups in total. The first-order chi connectivity index (χ1) is 13.3. The van der Waals surface area contributed by atoms with Crippen LogP contribution in [-0.4, -0.2) is 64.7 Å². The van der Waals surface area contributed by atoms with Gasteiger partial charge in [0.2, 0.25) is 11.9 Å². The first-order valence-corrected chi connectivity index (χ1v) is 10.1. The van der Waals surface area contributed by atoms with Gasteiger partial charge in [0.15, 0.2) is 0 Å². The molecule has 2 fully saturated rings. The fraction of sp³-hybridized carbons (Fsp3) is 0.700. The molecule has 3 rings (SSSR count). The number of carbonyl (C=O) groups excluding carboxylic acids is 2. The van der Waals surface area contributed by atoms with Crippen LogP contribution in [0.15, 0.2) is 18.5 Å². The summed E-state index contributed by atoms with van der Waals surface area (Å²) < 4.78 is 5.42. The quantitative estimate of drug-likeness (QED) is 0.853. The van der Waals surface area contributed by atoms with Crippen LogP contribution in [0.4, 0.5) is 10.7 Å². The zero-order chi connectivity index (χ0) is 20.1. The number of hydrogen-bond acceptors (Lipinski definition) is 6. The Hall–Kier alpha value is -2.38. The second-order valence-corrected chi connectivity index (χ2v) is 8.58.